The normalized spacial score (nSPS) is 22.7. The Morgan fingerprint density at radius 2 is 1.93 bits per heavy atom. The highest BCUT2D eigenvalue weighted by Gasteiger charge is 2.43. The Kier molecular flexibility index (Phi) is 5.81. The van der Waals surface area contributed by atoms with E-state index >= 15 is 0 Å². The van der Waals surface area contributed by atoms with Crippen LogP contribution in [0.5, 0.6) is 5.75 Å². The van der Waals surface area contributed by atoms with E-state index in [2.05, 4.69) is 26.0 Å². The molecule has 0 radical (unpaired) electrons. The summed E-state index contributed by atoms with van der Waals surface area (Å²) in [5.41, 5.74) is 1.82. The zero-order chi connectivity index (χ0) is 21.5. The van der Waals surface area contributed by atoms with E-state index < -0.39 is 10.0 Å². The van der Waals surface area contributed by atoms with Crippen molar-refractivity contribution < 1.29 is 17.9 Å². The Labute approximate surface area is 185 Å². The highest BCUT2D eigenvalue weighted by molar-refractivity contribution is 9.10. The molecular formula is C22H25BrN2O4S. The number of fused-ring (bicyclic) bond motifs is 2. The molecule has 0 aliphatic heterocycles. The number of ether oxygens (including phenoxy) is 1. The number of benzene rings is 2. The SMILES string of the molecule is COc1ccc(NC(=O)C2CC3CCC2C3)cc1S(=O)(=O)Nc1cc(C)ccc1Br. The van der Waals surface area contributed by atoms with E-state index in [-0.39, 0.29) is 22.5 Å². The Balaban J connectivity index is 1.59. The molecule has 2 N–H and O–H groups in total. The van der Waals surface area contributed by atoms with Crippen LogP contribution < -0.4 is 14.8 Å². The average Bonchev–Trinajstić information content (AvgIpc) is 3.34. The highest BCUT2D eigenvalue weighted by Crippen LogP contribution is 2.48. The number of nitrogens with one attached hydrogen (secondary N) is 2. The van der Waals surface area contributed by atoms with Gasteiger partial charge in [-0.25, -0.2) is 8.42 Å². The summed E-state index contributed by atoms with van der Waals surface area (Å²) >= 11 is 3.38. The monoisotopic (exact) mass is 492 g/mol. The summed E-state index contributed by atoms with van der Waals surface area (Å²) in [4.78, 5) is 12.8. The lowest BCUT2D eigenvalue weighted by Gasteiger charge is -2.21. The predicted molar refractivity (Wildman–Crippen MR) is 120 cm³/mol. The Bertz CT molecular complexity index is 1090. The molecule has 8 heteroatoms. The van der Waals surface area contributed by atoms with Crippen LogP contribution in [0.4, 0.5) is 11.4 Å². The van der Waals surface area contributed by atoms with Crippen LogP contribution in [0.15, 0.2) is 45.8 Å². The molecule has 2 saturated carbocycles. The van der Waals surface area contributed by atoms with Gasteiger partial charge in [-0.1, -0.05) is 12.5 Å². The molecule has 160 valence electrons. The number of methoxy groups -OCH3 is 1. The quantitative estimate of drug-likeness (QED) is 0.597. The van der Waals surface area contributed by atoms with Gasteiger partial charge in [0.05, 0.1) is 12.8 Å². The minimum atomic E-state index is -3.94. The third-order valence-corrected chi connectivity index (χ3v) is 8.24. The summed E-state index contributed by atoms with van der Waals surface area (Å²) in [5.74, 6) is 1.33. The van der Waals surface area contributed by atoms with Gasteiger partial charge in [0.15, 0.2) is 0 Å². The fraction of sp³-hybridized carbons (Fsp3) is 0.409. The molecule has 1 amide bonds. The van der Waals surface area contributed by atoms with Gasteiger partial charge in [0.2, 0.25) is 5.91 Å². The smallest absolute Gasteiger partial charge is 0.265 e. The molecular weight excluding hydrogens is 468 g/mol. The molecule has 4 rings (SSSR count). The maximum Gasteiger partial charge on any atom is 0.265 e. The number of carbonyl (C=O) groups is 1. The molecule has 6 nitrogen and oxygen atoms in total. The number of hydrogen-bond acceptors (Lipinski definition) is 4. The van der Waals surface area contributed by atoms with Gasteiger partial charge in [0.1, 0.15) is 10.6 Å². The standard InChI is InChI=1S/C22H25BrN2O4S/c1-13-3-7-18(23)19(9-13)25-30(27,28)21-12-16(6-8-20(21)29-2)24-22(26)17-11-14-4-5-15(17)10-14/h3,6-9,12,14-15,17,25H,4-5,10-11H2,1-2H3,(H,24,26). The number of carbonyl (C=O) groups excluding carboxylic acids is 1. The van der Waals surface area contributed by atoms with Crippen molar-refractivity contribution in [3.05, 3.63) is 46.4 Å². The number of anilines is 2. The van der Waals surface area contributed by atoms with E-state index in [0.717, 1.165) is 24.8 Å². The second-order valence-electron chi connectivity index (χ2n) is 8.23. The van der Waals surface area contributed by atoms with Crippen molar-refractivity contribution >= 4 is 43.2 Å². The molecule has 3 atom stereocenters. The predicted octanol–water partition coefficient (Wildman–Crippen LogP) is 4.94. The van der Waals surface area contributed by atoms with E-state index in [9.17, 15) is 13.2 Å². The minimum absolute atomic E-state index is 0.0206. The summed E-state index contributed by atoms with van der Waals surface area (Å²) in [5, 5.41) is 2.92. The molecule has 0 heterocycles. The van der Waals surface area contributed by atoms with Crippen LogP contribution in [0.1, 0.15) is 31.2 Å². The van der Waals surface area contributed by atoms with Crippen molar-refractivity contribution in [1.29, 1.82) is 0 Å². The Morgan fingerprint density at radius 3 is 2.60 bits per heavy atom. The molecule has 0 spiro atoms. The van der Waals surface area contributed by atoms with Crippen molar-refractivity contribution in [3.63, 3.8) is 0 Å². The van der Waals surface area contributed by atoms with Gasteiger partial charge < -0.3 is 10.1 Å². The summed E-state index contributed by atoms with van der Waals surface area (Å²) in [6.45, 7) is 1.89. The molecule has 2 aliphatic rings. The van der Waals surface area contributed by atoms with Crippen molar-refractivity contribution in [2.24, 2.45) is 17.8 Å². The van der Waals surface area contributed by atoms with Crippen molar-refractivity contribution in [2.45, 2.75) is 37.5 Å². The lowest BCUT2D eigenvalue weighted by molar-refractivity contribution is -0.121. The second-order valence-corrected chi connectivity index (χ2v) is 10.7. The number of rotatable bonds is 6. The van der Waals surface area contributed by atoms with Crippen molar-refractivity contribution in [1.82, 2.24) is 0 Å². The van der Waals surface area contributed by atoms with E-state index in [1.165, 1.54) is 19.6 Å². The van der Waals surface area contributed by atoms with Gasteiger partial charge in [-0.3, -0.25) is 9.52 Å². The summed E-state index contributed by atoms with van der Waals surface area (Å²) in [6.07, 6.45) is 4.40. The number of halogens is 1. The molecule has 2 aliphatic carbocycles. The fourth-order valence-electron chi connectivity index (χ4n) is 4.68. The van der Waals surface area contributed by atoms with Gasteiger partial charge in [0, 0.05) is 16.1 Å². The number of sulfonamides is 1. The Morgan fingerprint density at radius 1 is 1.13 bits per heavy atom. The minimum Gasteiger partial charge on any atom is -0.495 e. The first-order valence-corrected chi connectivity index (χ1v) is 12.3. The molecule has 2 bridgehead atoms. The van der Waals surface area contributed by atoms with Crippen LogP contribution in [-0.4, -0.2) is 21.4 Å². The molecule has 0 saturated heterocycles. The first kappa shape index (κ1) is 21.2. The summed E-state index contributed by atoms with van der Waals surface area (Å²) < 4.78 is 34.8. The topological polar surface area (TPSA) is 84.5 Å². The van der Waals surface area contributed by atoms with Crippen molar-refractivity contribution in [3.8, 4) is 5.75 Å². The van der Waals surface area contributed by atoms with Crippen LogP contribution in [0.3, 0.4) is 0 Å². The van der Waals surface area contributed by atoms with Gasteiger partial charge >= 0.3 is 0 Å². The van der Waals surface area contributed by atoms with Crippen LogP contribution in [0.25, 0.3) is 0 Å². The number of aryl methyl sites for hydroxylation is 1. The zero-order valence-corrected chi connectivity index (χ0v) is 19.3. The van der Waals surface area contributed by atoms with Gasteiger partial charge in [-0.2, -0.15) is 0 Å². The molecule has 2 aromatic carbocycles. The molecule has 2 fully saturated rings. The summed E-state index contributed by atoms with van der Waals surface area (Å²) in [6, 6.07) is 10.1. The zero-order valence-electron chi connectivity index (χ0n) is 16.9. The number of amides is 1. The van der Waals surface area contributed by atoms with E-state index in [0.29, 0.717) is 27.7 Å². The third kappa shape index (κ3) is 4.21. The largest absolute Gasteiger partial charge is 0.495 e. The van der Waals surface area contributed by atoms with Crippen LogP contribution >= 0.6 is 15.9 Å². The Hall–Kier alpha value is -2.06. The fourth-order valence-corrected chi connectivity index (χ4v) is 6.43. The van der Waals surface area contributed by atoms with Crippen LogP contribution in [0, 0.1) is 24.7 Å². The lowest BCUT2D eigenvalue weighted by atomic mass is 9.88. The maximum absolute atomic E-state index is 13.1. The van der Waals surface area contributed by atoms with Crippen molar-refractivity contribution in [2.75, 3.05) is 17.1 Å². The van der Waals surface area contributed by atoms with Crippen LogP contribution in [-0.2, 0) is 14.8 Å². The average molecular weight is 493 g/mol. The molecule has 2 aromatic rings. The van der Waals surface area contributed by atoms with Gasteiger partial charge in [-0.15, -0.1) is 0 Å². The van der Waals surface area contributed by atoms with Gasteiger partial charge in [-0.05, 0) is 89.8 Å². The van der Waals surface area contributed by atoms with Crippen LogP contribution in [0.2, 0.25) is 0 Å². The lowest BCUT2D eigenvalue weighted by Crippen LogP contribution is -2.27. The second kappa shape index (κ2) is 8.23. The van der Waals surface area contributed by atoms with E-state index in [4.69, 9.17) is 4.74 Å². The summed E-state index contributed by atoms with van der Waals surface area (Å²) in [7, 11) is -2.52. The molecule has 0 aromatic heterocycles. The van der Waals surface area contributed by atoms with E-state index in [1.54, 1.807) is 24.3 Å². The maximum atomic E-state index is 13.1. The van der Waals surface area contributed by atoms with E-state index in [1.807, 2.05) is 13.0 Å². The molecule has 3 unspecified atom stereocenters. The van der Waals surface area contributed by atoms with Gasteiger partial charge in [0.25, 0.3) is 10.0 Å². The number of hydrogen-bond donors (Lipinski definition) is 2. The highest BCUT2D eigenvalue weighted by atomic mass is 79.9. The first-order chi connectivity index (χ1) is 14.3. The third-order valence-electron chi connectivity index (χ3n) is 6.16. The first-order valence-electron chi connectivity index (χ1n) is 10.0. The molecule has 30 heavy (non-hydrogen) atoms.